The third-order valence-corrected chi connectivity index (χ3v) is 5.45. The molecule has 0 aliphatic rings. The van der Waals surface area contributed by atoms with E-state index in [0.717, 1.165) is 5.69 Å². The summed E-state index contributed by atoms with van der Waals surface area (Å²) in [6.45, 7) is 7.33. The molecule has 1 heterocycles. The average Bonchev–Trinajstić information content (AvgIpc) is 2.94. The fourth-order valence-corrected chi connectivity index (χ4v) is 4.15. The number of carbonyl (C=O) groups is 1. The summed E-state index contributed by atoms with van der Waals surface area (Å²) < 4.78 is 37.1. The SMILES string of the molecule is CCOC(=O)CN(C)Cc1cnc(S(=O)(=O)CCC(C)C)n1CCOC. The van der Waals surface area contributed by atoms with Crippen LogP contribution in [0.15, 0.2) is 11.4 Å². The van der Waals surface area contributed by atoms with E-state index >= 15 is 0 Å². The summed E-state index contributed by atoms with van der Waals surface area (Å²) in [6, 6.07) is 0. The fraction of sp³-hybridized carbons (Fsp3) is 0.765. The van der Waals surface area contributed by atoms with E-state index in [1.165, 1.54) is 0 Å². The van der Waals surface area contributed by atoms with Crippen LogP contribution < -0.4 is 0 Å². The van der Waals surface area contributed by atoms with Crippen LogP contribution in [0.25, 0.3) is 0 Å². The molecule has 9 heteroatoms. The van der Waals surface area contributed by atoms with Crippen LogP contribution in [-0.4, -0.2) is 68.5 Å². The molecule has 0 aromatic carbocycles. The Morgan fingerprint density at radius 3 is 2.65 bits per heavy atom. The molecule has 0 aliphatic carbocycles. The maximum absolute atomic E-state index is 12.7. The van der Waals surface area contributed by atoms with Crippen molar-refractivity contribution in [3.05, 3.63) is 11.9 Å². The van der Waals surface area contributed by atoms with Gasteiger partial charge in [0.1, 0.15) is 0 Å². The van der Waals surface area contributed by atoms with Gasteiger partial charge in [-0.05, 0) is 26.3 Å². The molecule has 0 fully saturated rings. The van der Waals surface area contributed by atoms with Gasteiger partial charge < -0.3 is 14.0 Å². The van der Waals surface area contributed by atoms with Gasteiger partial charge >= 0.3 is 5.97 Å². The van der Waals surface area contributed by atoms with Crippen molar-refractivity contribution in [1.29, 1.82) is 0 Å². The zero-order valence-electron chi connectivity index (χ0n) is 16.4. The van der Waals surface area contributed by atoms with Gasteiger partial charge in [-0.15, -0.1) is 0 Å². The van der Waals surface area contributed by atoms with Gasteiger partial charge in [-0.1, -0.05) is 13.8 Å². The number of sulfone groups is 1. The Hall–Kier alpha value is -1.45. The highest BCUT2D eigenvalue weighted by molar-refractivity contribution is 7.91. The van der Waals surface area contributed by atoms with E-state index in [1.807, 2.05) is 13.8 Å². The van der Waals surface area contributed by atoms with Crippen molar-refractivity contribution in [1.82, 2.24) is 14.5 Å². The van der Waals surface area contributed by atoms with Crippen molar-refractivity contribution in [2.24, 2.45) is 5.92 Å². The molecule has 0 unspecified atom stereocenters. The molecule has 1 aromatic rings. The first-order valence-corrected chi connectivity index (χ1v) is 10.5. The van der Waals surface area contributed by atoms with Crippen molar-refractivity contribution in [2.75, 3.05) is 39.7 Å². The van der Waals surface area contributed by atoms with Crippen LogP contribution in [0, 0.1) is 5.92 Å². The minimum Gasteiger partial charge on any atom is -0.465 e. The standard InChI is InChI=1S/C17H31N3O5S/c1-6-25-16(21)13-19(4)12-15-11-18-17(20(15)8-9-24-5)26(22,23)10-7-14(2)3/h11,14H,6-10,12-13H2,1-5H3. The van der Waals surface area contributed by atoms with Gasteiger partial charge in [-0.3, -0.25) is 9.69 Å². The smallest absolute Gasteiger partial charge is 0.320 e. The number of carbonyl (C=O) groups excluding carboxylic acids is 1. The Morgan fingerprint density at radius 1 is 1.38 bits per heavy atom. The van der Waals surface area contributed by atoms with Gasteiger partial charge in [0, 0.05) is 20.2 Å². The molecule has 1 aromatic heterocycles. The van der Waals surface area contributed by atoms with E-state index in [-0.39, 0.29) is 23.4 Å². The number of imidazole rings is 1. The molecule has 0 radical (unpaired) electrons. The largest absolute Gasteiger partial charge is 0.465 e. The molecule has 0 amide bonds. The highest BCUT2D eigenvalue weighted by atomic mass is 32.2. The summed E-state index contributed by atoms with van der Waals surface area (Å²) in [5.74, 6) is 0.0392. The first kappa shape index (κ1) is 22.6. The van der Waals surface area contributed by atoms with Crippen LogP contribution in [0.5, 0.6) is 0 Å². The molecule has 150 valence electrons. The monoisotopic (exact) mass is 389 g/mol. The van der Waals surface area contributed by atoms with Crippen LogP contribution in [0.2, 0.25) is 0 Å². The number of rotatable bonds is 12. The van der Waals surface area contributed by atoms with E-state index < -0.39 is 9.84 Å². The van der Waals surface area contributed by atoms with Crippen LogP contribution in [0.4, 0.5) is 0 Å². The molecule has 0 saturated carbocycles. The molecule has 8 nitrogen and oxygen atoms in total. The van der Waals surface area contributed by atoms with E-state index in [1.54, 1.807) is 36.7 Å². The third-order valence-electron chi connectivity index (χ3n) is 3.80. The summed E-state index contributed by atoms with van der Waals surface area (Å²) in [5, 5.41) is 0.0646. The summed E-state index contributed by atoms with van der Waals surface area (Å²) in [5.41, 5.74) is 0.719. The number of esters is 1. The minimum atomic E-state index is -3.48. The van der Waals surface area contributed by atoms with Crippen LogP contribution in [0.3, 0.4) is 0 Å². The number of hydrogen-bond donors (Lipinski definition) is 0. The van der Waals surface area contributed by atoms with E-state index in [4.69, 9.17) is 9.47 Å². The molecular formula is C17H31N3O5S. The second-order valence-electron chi connectivity index (χ2n) is 6.66. The number of methoxy groups -OCH3 is 1. The lowest BCUT2D eigenvalue weighted by atomic mass is 10.2. The van der Waals surface area contributed by atoms with E-state index in [9.17, 15) is 13.2 Å². The Labute approximate surface area is 156 Å². The first-order valence-electron chi connectivity index (χ1n) is 8.81. The van der Waals surface area contributed by atoms with Crippen LogP contribution in [-0.2, 0) is 37.2 Å². The summed E-state index contributed by atoms with van der Waals surface area (Å²) in [4.78, 5) is 17.5. The lowest BCUT2D eigenvalue weighted by Crippen LogP contribution is -2.28. The second kappa shape index (κ2) is 10.6. The molecule has 0 spiro atoms. The molecule has 0 N–H and O–H groups in total. The Morgan fingerprint density at radius 2 is 2.08 bits per heavy atom. The first-order chi connectivity index (χ1) is 12.2. The molecule has 26 heavy (non-hydrogen) atoms. The normalized spacial score (nSPS) is 12.1. The van der Waals surface area contributed by atoms with Crippen molar-refractivity contribution >= 4 is 15.8 Å². The zero-order chi connectivity index (χ0) is 19.7. The fourth-order valence-electron chi connectivity index (χ4n) is 2.43. The third kappa shape index (κ3) is 7.05. The Balaban J connectivity index is 2.99. The van der Waals surface area contributed by atoms with Gasteiger partial charge in [-0.25, -0.2) is 13.4 Å². The highest BCUT2D eigenvalue weighted by Crippen LogP contribution is 2.17. The lowest BCUT2D eigenvalue weighted by molar-refractivity contribution is -0.144. The highest BCUT2D eigenvalue weighted by Gasteiger charge is 2.24. The second-order valence-corrected chi connectivity index (χ2v) is 8.66. The van der Waals surface area contributed by atoms with Gasteiger partial charge in [0.2, 0.25) is 15.0 Å². The summed E-state index contributed by atoms with van der Waals surface area (Å²) in [7, 11) is -0.136. The van der Waals surface area contributed by atoms with Gasteiger partial charge in [-0.2, -0.15) is 0 Å². The maximum Gasteiger partial charge on any atom is 0.320 e. The summed E-state index contributed by atoms with van der Waals surface area (Å²) in [6.07, 6.45) is 2.14. The molecule has 0 saturated heterocycles. The Kier molecular flexibility index (Phi) is 9.24. The molecule has 0 bridgehead atoms. The summed E-state index contributed by atoms with van der Waals surface area (Å²) >= 11 is 0. The minimum absolute atomic E-state index is 0.0623. The average molecular weight is 390 g/mol. The van der Waals surface area contributed by atoms with Crippen molar-refractivity contribution in [2.45, 2.75) is 45.4 Å². The van der Waals surface area contributed by atoms with Gasteiger partial charge in [0.05, 0.1) is 37.4 Å². The number of aromatic nitrogens is 2. The zero-order valence-corrected chi connectivity index (χ0v) is 17.2. The van der Waals surface area contributed by atoms with Gasteiger partial charge in [0.25, 0.3) is 0 Å². The van der Waals surface area contributed by atoms with E-state index in [2.05, 4.69) is 4.98 Å². The predicted octanol–water partition coefficient (Wildman–Crippen LogP) is 1.34. The number of ether oxygens (including phenoxy) is 2. The Bertz CT molecular complexity index is 670. The number of hydrogen-bond acceptors (Lipinski definition) is 7. The van der Waals surface area contributed by atoms with Crippen molar-refractivity contribution in [3.63, 3.8) is 0 Å². The van der Waals surface area contributed by atoms with Crippen molar-refractivity contribution < 1.29 is 22.7 Å². The maximum atomic E-state index is 12.7. The topological polar surface area (TPSA) is 90.7 Å². The molecule has 0 aliphatic heterocycles. The van der Waals surface area contributed by atoms with Gasteiger partial charge in [0.15, 0.2) is 0 Å². The molecule has 0 atom stereocenters. The molecular weight excluding hydrogens is 358 g/mol. The predicted molar refractivity (Wildman–Crippen MR) is 98.6 cm³/mol. The molecule has 1 rings (SSSR count). The number of likely N-dealkylation sites (N-methyl/N-ethyl adjacent to an activating group) is 1. The van der Waals surface area contributed by atoms with Crippen molar-refractivity contribution in [3.8, 4) is 0 Å². The van der Waals surface area contributed by atoms with E-state index in [0.29, 0.717) is 38.6 Å². The van der Waals surface area contributed by atoms with Crippen LogP contribution >= 0.6 is 0 Å². The quantitative estimate of drug-likeness (QED) is 0.498. The van der Waals surface area contributed by atoms with Crippen LogP contribution in [0.1, 0.15) is 32.9 Å². The lowest BCUT2D eigenvalue weighted by Gasteiger charge is -2.18. The number of nitrogens with zero attached hydrogens (tertiary/aromatic N) is 3.